The molecule has 156 valence electrons. The van der Waals surface area contributed by atoms with Gasteiger partial charge in [-0.1, -0.05) is 48.0 Å². The van der Waals surface area contributed by atoms with Crippen molar-refractivity contribution in [1.82, 2.24) is 4.31 Å². The van der Waals surface area contributed by atoms with Crippen LogP contribution in [0.25, 0.3) is 0 Å². The molecule has 0 fully saturated rings. The summed E-state index contributed by atoms with van der Waals surface area (Å²) in [5.74, 6) is -1.05. The zero-order chi connectivity index (χ0) is 21.7. The third kappa shape index (κ3) is 5.24. The summed E-state index contributed by atoms with van der Waals surface area (Å²) >= 11 is 6.20. The second-order valence-electron chi connectivity index (χ2n) is 6.68. The maximum absolute atomic E-state index is 13.3. The lowest BCUT2D eigenvalue weighted by atomic mass is 10.2. The zero-order valence-corrected chi connectivity index (χ0v) is 17.8. The highest BCUT2D eigenvalue weighted by atomic mass is 35.5. The quantitative estimate of drug-likeness (QED) is 0.576. The number of nitrogens with zero attached hydrogens (tertiary/aromatic N) is 1. The molecule has 3 aromatic rings. The van der Waals surface area contributed by atoms with E-state index in [4.69, 9.17) is 11.6 Å². The Bertz CT molecular complexity index is 1150. The SMILES string of the molecule is Cc1ccccc1NC(=O)CN(Cc1ccccc1Cl)S(=O)(=O)c1ccc(F)cc1. The monoisotopic (exact) mass is 446 g/mol. The largest absolute Gasteiger partial charge is 0.325 e. The number of anilines is 1. The van der Waals surface area contributed by atoms with Crippen LogP contribution in [0.5, 0.6) is 0 Å². The van der Waals surface area contributed by atoms with Crippen LogP contribution in [0.1, 0.15) is 11.1 Å². The van der Waals surface area contributed by atoms with Gasteiger partial charge in [0, 0.05) is 17.3 Å². The molecule has 0 unspecified atom stereocenters. The first kappa shape index (κ1) is 22.0. The fraction of sp³-hybridized carbons (Fsp3) is 0.136. The molecular weight excluding hydrogens is 427 g/mol. The Hall–Kier alpha value is -2.74. The van der Waals surface area contributed by atoms with Gasteiger partial charge in [-0.3, -0.25) is 4.79 Å². The average Bonchev–Trinajstić information content (AvgIpc) is 2.71. The van der Waals surface area contributed by atoms with Gasteiger partial charge in [-0.2, -0.15) is 4.31 Å². The highest BCUT2D eigenvalue weighted by Crippen LogP contribution is 2.23. The molecule has 3 aromatic carbocycles. The molecule has 0 heterocycles. The predicted octanol–water partition coefficient (Wildman–Crippen LogP) is 4.62. The van der Waals surface area contributed by atoms with Gasteiger partial charge in [0.2, 0.25) is 15.9 Å². The van der Waals surface area contributed by atoms with E-state index in [2.05, 4.69) is 5.32 Å². The lowest BCUT2D eigenvalue weighted by Gasteiger charge is -2.22. The molecule has 0 atom stereocenters. The fourth-order valence-electron chi connectivity index (χ4n) is 2.86. The number of rotatable bonds is 7. The first-order chi connectivity index (χ1) is 14.3. The normalized spacial score (nSPS) is 11.5. The van der Waals surface area contributed by atoms with Crippen molar-refractivity contribution in [2.45, 2.75) is 18.4 Å². The molecule has 0 saturated heterocycles. The third-order valence-corrected chi connectivity index (χ3v) is 6.67. The minimum absolute atomic E-state index is 0.111. The predicted molar refractivity (Wildman–Crippen MR) is 115 cm³/mol. The highest BCUT2D eigenvalue weighted by molar-refractivity contribution is 7.89. The molecular formula is C22H20ClFN2O3S. The molecule has 0 radical (unpaired) electrons. The number of halogens is 2. The third-order valence-electron chi connectivity index (χ3n) is 4.50. The van der Waals surface area contributed by atoms with E-state index in [9.17, 15) is 17.6 Å². The molecule has 3 rings (SSSR count). The molecule has 0 aliphatic rings. The Balaban J connectivity index is 1.91. The van der Waals surface area contributed by atoms with Gasteiger partial charge in [0.25, 0.3) is 0 Å². The molecule has 0 aliphatic carbocycles. The standard InChI is InChI=1S/C22H20ClFN2O3S/c1-16-6-2-5-9-21(16)25-22(27)15-26(14-17-7-3-4-8-20(17)23)30(28,29)19-12-10-18(24)11-13-19/h2-13H,14-15H2,1H3,(H,25,27). The number of nitrogens with one attached hydrogen (secondary N) is 1. The first-order valence-electron chi connectivity index (χ1n) is 9.12. The summed E-state index contributed by atoms with van der Waals surface area (Å²) in [5.41, 5.74) is 2.00. The Labute approximate surface area is 180 Å². The summed E-state index contributed by atoms with van der Waals surface area (Å²) in [4.78, 5) is 12.6. The van der Waals surface area contributed by atoms with Crippen molar-refractivity contribution in [3.05, 3.63) is 94.8 Å². The number of carbonyl (C=O) groups is 1. The van der Waals surface area contributed by atoms with Crippen LogP contribution in [-0.2, 0) is 21.4 Å². The molecule has 1 N–H and O–H groups in total. The van der Waals surface area contributed by atoms with Crippen LogP contribution < -0.4 is 5.32 Å². The number of sulfonamides is 1. The van der Waals surface area contributed by atoms with Crippen molar-refractivity contribution < 1.29 is 17.6 Å². The maximum Gasteiger partial charge on any atom is 0.243 e. The fourth-order valence-corrected chi connectivity index (χ4v) is 4.43. The Kier molecular flexibility index (Phi) is 6.87. The van der Waals surface area contributed by atoms with Gasteiger partial charge in [-0.05, 0) is 54.4 Å². The van der Waals surface area contributed by atoms with E-state index in [1.54, 1.807) is 36.4 Å². The number of aryl methyl sites for hydroxylation is 1. The lowest BCUT2D eigenvalue weighted by molar-refractivity contribution is -0.116. The van der Waals surface area contributed by atoms with Gasteiger partial charge in [0.05, 0.1) is 11.4 Å². The molecule has 0 bridgehead atoms. The van der Waals surface area contributed by atoms with E-state index in [1.807, 2.05) is 19.1 Å². The van der Waals surface area contributed by atoms with Crippen LogP contribution in [0, 0.1) is 12.7 Å². The van der Waals surface area contributed by atoms with E-state index in [0.717, 1.165) is 22.0 Å². The summed E-state index contributed by atoms with van der Waals surface area (Å²) in [6.07, 6.45) is 0. The second kappa shape index (κ2) is 9.38. The van der Waals surface area contributed by atoms with Gasteiger partial charge in [0.15, 0.2) is 0 Å². The minimum atomic E-state index is -4.08. The van der Waals surface area contributed by atoms with E-state index < -0.39 is 28.3 Å². The van der Waals surface area contributed by atoms with Gasteiger partial charge in [0.1, 0.15) is 5.82 Å². The Morgan fingerprint density at radius 3 is 2.30 bits per heavy atom. The first-order valence-corrected chi connectivity index (χ1v) is 10.9. The number of amides is 1. The van der Waals surface area contributed by atoms with Crippen molar-refractivity contribution >= 4 is 33.2 Å². The molecule has 0 saturated carbocycles. The highest BCUT2D eigenvalue weighted by Gasteiger charge is 2.27. The van der Waals surface area contributed by atoms with Gasteiger partial charge < -0.3 is 5.32 Å². The van der Waals surface area contributed by atoms with Crippen LogP contribution in [0.3, 0.4) is 0 Å². The maximum atomic E-state index is 13.3. The van der Waals surface area contributed by atoms with E-state index in [0.29, 0.717) is 16.3 Å². The molecule has 0 spiro atoms. The number of benzene rings is 3. The van der Waals surface area contributed by atoms with Crippen molar-refractivity contribution in [1.29, 1.82) is 0 Å². The van der Waals surface area contributed by atoms with Crippen LogP contribution >= 0.6 is 11.6 Å². The van der Waals surface area contributed by atoms with Crippen LogP contribution in [0.2, 0.25) is 5.02 Å². The zero-order valence-electron chi connectivity index (χ0n) is 16.2. The van der Waals surface area contributed by atoms with Crippen molar-refractivity contribution in [3.8, 4) is 0 Å². The second-order valence-corrected chi connectivity index (χ2v) is 9.03. The van der Waals surface area contributed by atoms with E-state index in [1.165, 1.54) is 12.1 Å². The van der Waals surface area contributed by atoms with E-state index >= 15 is 0 Å². The topological polar surface area (TPSA) is 66.5 Å². The molecule has 0 aliphatic heterocycles. The molecule has 30 heavy (non-hydrogen) atoms. The number of hydrogen-bond donors (Lipinski definition) is 1. The average molecular weight is 447 g/mol. The number of para-hydroxylation sites is 1. The Morgan fingerprint density at radius 2 is 1.63 bits per heavy atom. The molecule has 8 heteroatoms. The van der Waals surface area contributed by atoms with Crippen LogP contribution in [0.15, 0.2) is 77.7 Å². The van der Waals surface area contributed by atoms with Crippen molar-refractivity contribution in [3.63, 3.8) is 0 Å². The smallest absolute Gasteiger partial charge is 0.243 e. The van der Waals surface area contributed by atoms with Crippen LogP contribution in [0.4, 0.5) is 10.1 Å². The summed E-state index contributed by atoms with van der Waals surface area (Å²) in [7, 11) is -4.08. The van der Waals surface area contributed by atoms with Crippen molar-refractivity contribution in [2.75, 3.05) is 11.9 Å². The summed E-state index contributed by atoms with van der Waals surface area (Å²) in [6.45, 7) is 1.30. The molecule has 1 amide bonds. The number of carbonyl (C=O) groups excluding carboxylic acids is 1. The minimum Gasteiger partial charge on any atom is -0.325 e. The van der Waals surface area contributed by atoms with Gasteiger partial charge >= 0.3 is 0 Å². The molecule has 5 nitrogen and oxygen atoms in total. The van der Waals surface area contributed by atoms with Gasteiger partial charge in [-0.25, -0.2) is 12.8 Å². The summed E-state index contributed by atoms with van der Waals surface area (Å²) in [5, 5.41) is 3.12. The summed E-state index contributed by atoms with van der Waals surface area (Å²) in [6, 6.07) is 18.5. The van der Waals surface area contributed by atoms with Crippen molar-refractivity contribution in [2.24, 2.45) is 0 Å². The Morgan fingerprint density at radius 1 is 1.00 bits per heavy atom. The number of hydrogen-bond acceptors (Lipinski definition) is 3. The summed E-state index contributed by atoms with van der Waals surface area (Å²) < 4.78 is 40.7. The molecule has 0 aromatic heterocycles. The van der Waals surface area contributed by atoms with Crippen LogP contribution in [-0.4, -0.2) is 25.2 Å². The van der Waals surface area contributed by atoms with Gasteiger partial charge in [-0.15, -0.1) is 0 Å². The van der Waals surface area contributed by atoms with E-state index in [-0.39, 0.29) is 11.4 Å². The lowest BCUT2D eigenvalue weighted by Crippen LogP contribution is -2.37.